The van der Waals surface area contributed by atoms with E-state index >= 15 is 8.78 Å². The number of carboxylic acids is 1. The van der Waals surface area contributed by atoms with Crippen molar-refractivity contribution in [2.45, 2.75) is 20.4 Å². The maximum Gasteiger partial charge on any atom is 0.353 e. The van der Waals surface area contributed by atoms with Crippen molar-refractivity contribution in [3.63, 3.8) is 0 Å². The Morgan fingerprint density at radius 2 is 1.78 bits per heavy atom. The Morgan fingerprint density at radius 3 is 2.50 bits per heavy atom. The maximum atomic E-state index is 15.2. The van der Waals surface area contributed by atoms with E-state index in [0.717, 1.165) is 5.39 Å². The van der Waals surface area contributed by atoms with Crippen LogP contribution < -0.4 is 5.56 Å². The van der Waals surface area contributed by atoms with Crippen LogP contribution in [0.25, 0.3) is 39.0 Å². The molecule has 0 fully saturated rings. The molecule has 2 heterocycles. The van der Waals surface area contributed by atoms with Crippen LogP contribution in [-0.4, -0.2) is 20.6 Å². The van der Waals surface area contributed by atoms with Crippen molar-refractivity contribution in [1.29, 1.82) is 0 Å². The molecule has 0 atom stereocenters. The standard InChI is InChI=1S/C29H22F2N2O3/c1-3-8-19-16(2)25-24(14-22(19)31)33(15-18-13-17-9-4-7-12-23(17)32-28(18)34)27(29(35)36)26(25)20-10-5-6-11-21(20)30/h3-14H,15H2,1-2H3,(H,32,34)(H,35,36)/b8-3-. The summed E-state index contributed by atoms with van der Waals surface area (Å²) in [5, 5.41) is 11.5. The van der Waals surface area contributed by atoms with E-state index in [-0.39, 0.29) is 34.4 Å². The molecule has 180 valence electrons. The Bertz CT molecular complexity index is 1760. The zero-order valence-electron chi connectivity index (χ0n) is 19.6. The highest BCUT2D eigenvalue weighted by Crippen LogP contribution is 2.40. The quantitative estimate of drug-likeness (QED) is 0.298. The number of pyridine rings is 1. The fourth-order valence-corrected chi connectivity index (χ4v) is 4.84. The topological polar surface area (TPSA) is 75.1 Å². The number of halogens is 2. The second-order valence-electron chi connectivity index (χ2n) is 8.60. The zero-order valence-corrected chi connectivity index (χ0v) is 19.6. The summed E-state index contributed by atoms with van der Waals surface area (Å²) in [6, 6.07) is 16.1. The highest BCUT2D eigenvalue weighted by molar-refractivity contribution is 6.10. The Balaban J connectivity index is 1.90. The van der Waals surface area contributed by atoms with Crippen molar-refractivity contribution in [2.24, 2.45) is 0 Å². The lowest BCUT2D eigenvalue weighted by molar-refractivity contribution is 0.0687. The molecule has 0 saturated carbocycles. The van der Waals surface area contributed by atoms with Gasteiger partial charge in [-0.2, -0.15) is 0 Å². The largest absolute Gasteiger partial charge is 0.477 e. The van der Waals surface area contributed by atoms with Crippen LogP contribution in [0.5, 0.6) is 0 Å². The van der Waals surface area contributed by atoms with Gasteiger partial charge in [0.1, 0.15) is 17.3 Å². The Labute approximate surface area is 204 Å². The number of fused-ring (bicyclic) bond motifs is 2. The zero-order chi connectivity index (χ0) is 25.6. The number of allylic oxidation sites excluding steroid dienone is 1. The van der Waals surface area contributed by atoms with Gasteiger partial charge in [-0.3, -0.25) is 4.79 Å². The van der Waals surface area contributed by atoms with Gasteiger partial charge in [0, 0.05) is 33.2 Å². The normalized spacial score (nSPS) is 11.7. The number of rotatable bonds is 5. The SMILES string of the molecule is C/C=C\c1c(F)cc2c(c1C)c(-c1ccccc1F)c(C(=O)O)n2Cc1cc2ccccc2[nH]c1=O. The van der Waals surface area contributed by atoms with Gasteiger partial charge >= 0.3 is 5.97 Å². The van der Waals surface area contributed by atoms with Crippen LogP contribution in [0.15, 0.2) is 71.5 Å². The molecule has 0 bridgehead atoms. The molecule has 0 aliphatic carbocycles. The number of hydrogen-bond donors (Lipinski definition) is 2. The summed E-state index contributed by atoms with van der Waals surface area (Å²) in [5.41, 5.74) is 1.61. The van der Waals surface area contributed by atoms with E-state index in [4.69, 9.17) is 0 Å². The van der Waals surface area contributed by atoms with E-state index in [1.54, 1.807) is 50.3 Å². The van der Waals surface area contributed by atoms with Gasteiger partial charge in [0.25, 0.3) is 5.56 Å². The van der Waals surface area contributed by atoms with Crippen molar-refractivity contribution in [1.82, 2.24) is 9.55 Å². The number of para-hydroxylation sites is 1. The molecular weight excluding hydrogens is 462 g/mol. The number of carbonyl (C=O) groups is 1. The molecule has 2 aromatic heterocycles. The highest BCUT2D eigenvalue weighted by Gasteiger charge is 2.28. The minimum atomic E-state index is -1.31. The number of carboxylic acid groups (broad SMARTS) is 1. The van der Waals surface area contributed by atoms with Crippen LogP contribution in [0, 0.1) is 18.6 Å². The molecule has 36 heavy (non-hydrogen) atoms. The second-order valence-corrected chi connectivity index (χ2v) is 8.60. The smallest absolute Gasteiger partial charge is 0.353 e. The van der Waals surface area contributed by atoms with E-state index in [9.17, 15) is 14.7 Å². The predicted octanol–water partition coefficient (Wildman–Crippen LogP) is 6.52. The van der Waals surface area contributed by atoms with Gasteiger partial charge in [0.05, 0.1) is 12.1 Å². The molecule has 0 radical (unpaired) electrons. The monoisotopic (exact) mass is 484 g/mol. The number of nitrogens with zero attached hydrogens (tertiary/aromatic N) is 1. The maximum absolute atomic E-state index is 15.2. The minimum absolute atomic E-state index is 0.0900. The number of hydrogen-bond acceptors (Lipinski definition) is 2. The third-order valence-electron chi connectivity index (χ3n) is 6.44. The molecule has 0 spiro atoms. The lowest BCUT2D eigenvalue weighted by Gasteiger charge is -2.11. The second kappa shape index (κ2) is 8.92. The third-order valence-corrected chi connectivity index (χ3v) is 6.44. The summed E-state index contributed by atoms with van der Waals surface area (Å²) < 4.78 is 31.7. The summed E-state index contributed by atoms with van der Waals surface area (Å²) in [6.45, 7) is 3.29. The number of nitrogens with one attached hydrogen (secondary N) is 1. The molecule has 0 unspecified atom stereocenters. The van der Waals surface area contributed by atoms with Gasteiger partial charge in [-0.15, -0.1) is 0 Å². The molecule has 0 amide bonds. The molecule has 2 N–H and O–H groups in total. The molecule has 0 aliphatic heterocycles. The summed E-state index contributed by atoms with van der Waals surface area (Å²) in [6.07, 6.45) is 3.28. The fourth-order valence-electron chi connectivity index (χ4n) is 4.84. The minimum Gasteiger partial charge on any atom is -0.477 e. The van der Waals surface area contributed by atoms with Crippen LogP contribution in [0.2, 0.25) is 0 Å². The first-order chi connectivity index (χ1) is 17.3. The van der Waals surface area contributed by atoms with Crippen LogP contribution in [0.3, 0.4) is 0 Å². The lowest BCUT2D eigenvalue weighted by Crippen LogP contribution is -2.18. The Hall–Kier alpha value is -4.52. The van der Waals surface area contributed by atoms with Crippen LogP contribution in [-0.2, 0) is 6.54 Å². The van der Waals surface area contributed by atoms with E-state index in [2.05, 4.69) is 4.98 Å². The number of benzene rings is 3. The third kappa shape index (κ3) is 3.69. The molecular formula is C29H22F2N2O3. The van der Waals surface area contributed by atoms with Crippen molar-refractivity contribution in [3.05, 3.63) is 111 Å². The van der Waals surface area contributed by atoms with Crippen LogP contribution in [0.1, 0.15) is 34.1 Å². The Morgan fingerprint density at radius 1 is 1.06 bits per heavy atom. The van der Waals surface area contributed by atoms with Gasteiger partial charge in [-0.1, -0.05) is 48.6 Å². The highest BCUT2D eigenvalue weighted by atomic mass is 19.1. The number of aromatic amines is 1. The van der Waals surface area contributed by atoms with Crippen molar-refractivity contribution < 1.29 is 18.7 Å². The van der Waals surface area contributed by atoms with Gasteiger partial charge in [-0.05, 0) is 49.1 Å². The molecule has 7 heteroatoms. The van der Waals surface area contributed by atoms with E-state index in [0.29, 0.717) is 27.6 Å². The average Bonchev–Trinajstić information content (AvgIpc) is 3.16. The molecule has 3 aromatic carbocycles. The predicted molar refractivity (Wildman–Crippen MR) is 137 cm³/mol. The summed E-state index contributed by atoms with van der Waals surface area (Å²) in [4.78, 5) is 28.4. The van der Waals surface area contributed by atoms with E-state index in [1.807, 2.05) is 12.1 Å². The molecule has 5 aromatic rings. The number of aryl methyl sites for hydroxylation is 1. The first kappa shape index (κ1) is 23.2. The summed E-state index contributed by atoms with van der Waals surface area (Å²) >= 11 is 0. The summed E-state index contributed by atoms with van der Waals surface area (Å²) in [5.74, 6) is -2.45. The number of aromatic nitrogens is 2. The first-order valence-electron chi connectivity index (χ1n) is 11.4. The molecule has 5 rings (SSSR count). The average molecular weight is 485 g/mol. The number of H-pyrrole nitrogens is 1. The van der Waals surface area contributed by atoms with Crippen LogP contribution in [0.4, 0.5) is 8.78 Å². The lowest BCUT2D eigenvalue weighted by atomic mass is 9.95. The van der Waals surface area contributed by atoms with Gasteiger partial charge in [-0.25, -0.2) is 13.6 Å². The van der Waals surface area contributed by atoms with Gasteiger partial charge < -0.3 is 14.7 Å². The van der Waals surface area contributed by atoms with Crippen molar-refractivity contribution >= 4 is 33.9 Å². The van der Waals surface area contributed by atoms with Crippen LogP contribution >= 0.6 is 0 Å². The van der Waals surface area contributed by atoms with E-state index < -0.39 is 17.6 Å². The van der Waals surface area contributed by atoms with E-state index in [1.165, 1.54) is 28.8 Å². The molecule has 5 nitrogen and oxygen atoms in total. The van der Waals surface area contributed by atoms with Gasteiger partial charge in [0.15, 0.2) is 0 Å². The first-order valence-corrected chi connectivity index (χ1v) is 11.4. The van der Waals surface area contributed by atoms with Crippen molar-refractivity contribution in [3.8, 4) is 11.1 Å². The summed E-state index contributed by atoms with van der Waals surface area (Å²) in [7, 11) is 0. The fraction of sp³-hybridized carbons (Fsp3) is 0.103. The molecule has 0 aliphatic rings. The number of aromatic carboxylic acids is 1. The Kier molecular flexibility index (Phi) is 5.76. The molecule has 0 saturated heterocycles. The van der Waals surface area contributed by atoms with Gasteiger partial charge in [0.2, 0.25) is 0 Å². The van der Waals surface area contributed by atoms with Crippen molar-refractivity contribution in [2.75, 3.05) is 0 Å².